The van der Waals surface area contributed by atoms with Crippen molar-refractivity contribution in [1.29, 1.82) is 0 Å². The molecule has 1 aromatic heterocycles. The molecular formula is C19H14F3N3O3. The summed E-state index contributed by atoms with van der Waals surface area (Å²) in [5.74, 6) is -3.26. The van der Waals surface area contributed by atoms with Crippen molar-refractivity contribution in [2.75, 3.05) is 5.32 Å². The quantitative estimate of drug-likeness (QED) is 0.728. The molecule has 1 heterocycles. The van der Waals surface area contributed by atoms with Crippen LogP contribution >= 0.6 is 0 Å². The van der Waals surface area contributed by atoms with Crippen LogP contribution in [0, 0.1) is 17.5 Å². The molecule has 1 N–H and O–H groups in total. The Morgan fingerprint density at radius 2 is 1.75 bits per heavy atom. The lowest BCUT2D eigenvalue weighted by molar-refractivity contribution is -0.122. The SMILES string of the molecule is C[C@@H](Oc1ccc(=O)n(-c2ccc(F)cc2)n1)C(=O)Nc1ccc(F)c(F)c1. The predicted molar refractivity (Wildman–Crippen MR) is 94.9 cm³/mol. The summed E-state index contributed by atoms with van der Waals surface area (Å²) < 4.78 is 45.6. The Balaban J connectivity index is 1.74. The first kappa shape index (κ1) is 19.2. The summed E-state index contributed by atoms with van der Waals surface area (Å²) in [6.07, 6.45) is -1.06. The monoisotopic (exact) mass is 389 g/mol. The molecule has 3 aromatic rings. The van der Waals surface area contributed by atoms with Gasteiger partial charge in [0.2, 0.25) is 5.88 Å². The first-order valence-corrected chi connectivity index (χ1v) is 8.12. The van der Waals surface area contributed by atoms with E-state index < -0.39 is 35.0 Å². The van der Waals surface area contributed by atoms with Crippen molar-refractivity contribution in [1.82, 2.24) is 9.78 Å². The summed E-state index contributed by atoms with van der Waals surface area (Å²) in [6.45, 7) is 1.42. The van der Waals surface area contributed by atoms with Gasteiger partial charge in [-0.15, -0.1) is 5.10 Å². The molecule has 144 valence electrons. The van der Waals surface area contributed by atoms with Crippen molar-refractivity contribution < 1.29 is 22.7 Å². The van der Waals surface area contributed by atoms with Crippen LogP contribution in [0.15, 0.2) is 59.4 Å². The predicted octanol–water partition coefficient (Wildman–Crippen LogP) is 3.06. The Kier molecular flexibility index (Phi) is 5.44. The van der Waals surface area contributed by atoms with Crippen LogP contribution in [-0.2, 0) is 4.79 Å². The van der Waals surface area contributed by atoms with Gasteiger partial charge in [-0.2, -0.15) is 4.68 Å². The highest BCUT2D eigenvalue weighted by atomic mass is 19.2. The molecule has 0 fully saturated rings. The molecule has 1 amide bonds. The third-order valence-corrected chi connectivity index (χ3v) is 3.70. The number of hydrogen-bond acceptors (Lipinski definition) is 4. The third kappa shape index (κ3) is 4.37. The molecule has 0 radical (unpaired) electrons. The zero-order chi connectivity index (χ0) is 20.3. The maximum Gasteiger partial charge on any atom is 0.271 e. The van der Waals surface area contributed by atoms with E-state index in [-0.39, 0.29) is 11.6 Å². The van der Waals surface area contributed by atoms with Crippen LogP contribution < -0.4 is 15.6 Å². The lowest BCUT2D eigenvalue weighted by Crippen LogP contribution is -2.31. The number of halogens is 3. The fourth-order valence-electron chi connectivity index (χ4n) is 2.28. The largest absolute Gasteiger partial charge is 0.463 e. The molecule has 3 rings (SSSR count). The first-order chi connectivity index (χ1) is 13.3. The summed E-state index contributed by atoms with van der Waals surface area (Å²) in [5.41, 5.74) is -0.0998. The summed E-state index contributed by atoms with van der Waals surface area (Å²) in [6, 6.07) is 10.5. The Hall–Kier alpha value is -3.62. The number of amides is 1. The van der Waals surface area contributed by atoms with Crippen molar-refractivity contribution in [3.63, 3.8) is 0 Å². The third-order valence-electron chi connectivity index (χ3n) is 3.70. The molecule has 0 unspecified atom stereocenters. The van der Waals surface area contributed by atoms with Crippen LogP contribution in [0.25, 0.3) is 5.69 Å². The van der Waals surface area contributed by atoms with Crippen molar-refractivity contribution in [3.05, 3.63) is 82.4 Å². The van der Waals surface area contributed by atoms with Gasteiger partial charge in [-0.05, 0) is 43.3 Å². The van der Waals surface area contributed by atoms with E-state index in [4.69, 9.17) is 4.74 Å². The van der Waals surface area contributed by atoms with Crippen LogP contribution in [0.2, 0.25) is 0 Å². The van der Waals surface area contributed by atoms with Gasteiger partial charge in [0.25, 0.3) is 11.5 Å². The zero-order valence-corrected chi connectivity index (χ0v) is 14.5. The average Bonchev–Trinajstić information content (AvgIpc) is 2.67. The number of aromatic nitrogens is 2. The highest BCUT2D eigenvalue weighted by Crippen LogP contribution is 2.15. The number of nitrogens with zero attached hydrogens (tertiary/aromatic N) is 2. The van der Waals surface area contributed by atoms with Gasteiger partial charge in [-0.1, -0.05) is 0 Å². The van der Waals surface area contributed by atoms with Crippen molar-refractivity contribution in [3.8, 4) is 11.6 Å². The Bertz CT molecular complexity index is 1070. The van der Waals surface area contributed by atoms with E-state index in [9.17, 15) is 22.8 Å². The molecule has 6 nitrogen and oxygen atoms in total. The summed E-state index contributed by atoms with van der Waals surface area (Å²) >= 11 is 0. The molecule has 0 saturated carbocycles. The van der Waals surface area contributed by atoms with Crippen LogP contribution in [-0.4, -0.2) is 21.8 Å². The molecule has 0 aliphatic rings. The smallest absolute Gasteiger partial charge is 0.271 e. The van der Waals surface area contributed by atoms with Gasteiger partial charge in [0, 0.05) is 23.9 Å². The highest BCUT2D eigenvalue weighted by molar-refractivity contribution is 5.94. The van der Waals surface area contributed by atoms with E-state index in [0.717, 1.165) is 16.8 Å². The number of benzene rings is 2. The van der Waals surface area contributed by atoms with Gasteiger partial charge < -0.3 is 10.1 Å². The van der Waals surface area contributed by atoms with Gasteiger partial charge in [0.1, 0.15) is 5.82 Å². The van der Waals surface area contributed by atoms with E-state index in [2.05, 4.69) is 10.4 Å². The number of nitrogens with one attached hydrogen (secondary N) is 1. The van der Waals surface area contributed by atoms with Gasteiger partial charge in [-0.25, -0.2) is 13.2 Å². The van der Waals surface area contributed by atoms with Gasteiger partial charge >= 0.3 is 0 Å². The minimum absolute atomic E-state index is 0.0307. The Morgan fingerprint density at radius 1 is 1.04 bits per heavy atom. The van der Waals surface area contributed by atoms with Crippen LogP contribution in [0.1, 0.15) is 6.92 Å². The molecular weight excluding hydrogens is 375 g/mol. The standard InChI is InChI=1S/C19H14F3N3O3/c1-11(19(27)23-13-4-7-15(21)16(22)10-13)28-17-8-9-18(26)25(24-17)14-5-2-12(20)3-6-14/h2-11H,1H3,(H,23,27)/t11-/m1/s1. The second kappa shape index (κ2) is 7.95. The van der Waals surface area contributed by atoms with Gasteiger partial charge in [-0.3, -0.25) is 9.59 Å². The second-order valence-electron chi connectivity index (χ2n) is 5.78. The highest BCUT2D eigenvalue weighted by Gasteiger charge is 2.17. The van der Waals surface area contributed by atoms with Gasteiger partial charge in [0.15, 0.2) is 17.7 Å². The number of carbonyl (C=O) groups is 1. The van der Waals surface area contributed by atoms with E-state index in [0.29, 0.717) is 5.69 Å². The first-order valence-electron chi connectivity index (χ1n) is 8.12. The van der Waals surface area contributed by atoms with E-state index >= 15 is 0 Å². The fourth-order valence-corrected chi connectivity index (χ4v) is 2.28. The van der Waals surface area contributed by atoms with E-state index in [1.165, 1.54) is 49.4 Å². The molecule has 28 heavy (non-hydrogen) atoms. The fraction of sp³-hybridized carbons (Fsp3) is 0.105. The normalized spacial score (nSPS) is 11.7. The minimum atomic E-state index is -1.10. The second-order valence-corrected chi connectivity index (χ2v) is 5.78. The van der Waals surface area contributed by atoms with Crippen molar-refractivity contribution in [2.45, 2.75) is 13.0 Å². The molecule has 0 spiro atoms. The molecule has 1 atom stereocenters. The Labute approximate surface area is 157 Å². The maximum atomic E-state index is 13.2. The van der Waals surface area contributed by atoms with Crippen molar-refractivity contribution in [2.24, 2.45) is 0 Å². The molecule has 0 aliphatic carbocycles. The zero-order valence-electron chi connectivity index (χ0n) is 14.5. The molecule has 0 aliphatic heterocycles. The van der Waals surface area contributed by atoms with Crippen LogP contribution in [0.5, 0.6) is 5.88 Å². The van der Waals surface area contributed by atoms with Crippen LogP contribution in [0.4, 0.5) is 18.9 Å². The maximum absolute atomic E-state index is 13.2. The lowest BCUT2D eigenvalue weighted by atomic mass is 10.3. The summed E-state index contributed by atoms with van der Waals surface area (Å²) in [5, 5.41) is 6.38. The van der Waals surface area contributed by atoms with Crippen molar-refractivity contribution >= 4 is 11.6 Å². The molecule has 0 bridgehead atoms. The lowest BCUT2D eigenvalue weighted by Gasteiger charge is -2.15. The number of carbonyl (C=O) groups excluding carboxylic acids is 1. The van der Waals surface area contributed by atoms with E-state index in [1.807, 2.05) is 0 Å². The summed E-state index contributed by atoms with van der Waals surface area (Å²) in [4.78, 5) is 24.2. The molecule has 2 aromatic carbocycles. The van der Waals surface area contributed by atoms with Gasteiger partial charge in [0.05, 0.1) is 5.69 Å². The topological polar surface area (TPSA) is 73.2 Å². The Morgan fingerprint density at radius 3 is 2.43 bits per heavy atom. The summed E-state index contributed by atoms with van der Waals surface area (Å²) in [7, 11) is 0. The number of ether oxygens (including phenoxy) is 1. The van der Waals surface area contributed by atoms with E-state index in [1.54, 1.807) is 0 Å². The number of anilines is 1. The minimum Gasteiger partial charge on any atom is -0.463 e. The average molecular weight is 389 g/mol. The number of hydrogen-bond donors (Lipinski definition) is 1. The number of rotatable bonds is 5. The molecule has 0 saturated heterocycles. The molecule has 9 heteroatoms. The van der Waals surface area contributed by atoms with Crippen LogP contribution in [0.3, 0.4) is 0 Å².